The summed E-state index contributed by atoms with van der Waals surface area (Å²) in [5, 5.41) is 8.86. The summed E-state index contributed by atoms with van der Waals surface area (Å²) in [4.78, 5) is 33.3. The molecule has 0 aliphatic carbocycles. The van der Waals surface area contributed by atoms with Crippen LogP contribution in [-0.2, 0) is 32.7 Å². The van der Waals surface area contributed by atoms with E-state index in [9.17, 15) is 19.0 Å². The number of esters is 1. The molecule has 0 aromatic carbocycles. The number of hydrogen-bond acceptors (Lipinski definition) is 8. The van der Waals surface area contributed by atoms with Gasteiger partial charge in [-0.05, 0) is 38.5 Å². The minimum Gasteiger partial charge on any atom is -0.480 e. The first-order valence-corrected chi connectivity index (χ1v) is 21.2. The van der Waals surface area contributed by atoms with Crippen molar-refractivity contribution in [3.05, 3.63) is 12.2 Å². The SMILES string of the molecule is CCCCCCCC/C=C\CCCCCCCCCCOCC(COP(=O)(O)OCC(N)C(=O)O)OC(=O)CCCCCCCCCCC. The summed E-state index contributed by atoms with van der Waals surface area (Å²) in [6.07, 6.45) is 34.1. The minimum atomic E-state index is -4.60. The molecule has 0 saturated carbocycles. The zero-order valence-corrected chi connectivity index (χ0v) is 32.2. The van der Waals surface area contributed by atoms with Gasteiger partial charge < -0.3 is 25.2 Å². The number of carbonyl (C=O) groups is 2. The Kier molecular flexibility index (Phi) is 34.2. The Morgan fingerprint density at radius 1 is 0.633 bits per heavy atom. The number of aliphatic carboxylic acids is 1. The molecule has 290 valence electrons. The summed E-state index contributed by atoms with van der Waals surface area (Å²) in [7, 11) is -4.60. The van der Waals surface area contributed by atoms with Crippen LogP contribution in [-0.4, -0.2) is 60.5 Å². The molecule has 0 aliphatic heterocycles. The first kappa shape index (κ1) is 47.7. The van der Waals surface area contributed by atoms with Crippen LogP contribution < -0.4 is 5.73 Å². The van der Waals surface area contributed by atoms with E-state index in [4.69, 9.17) is 24.8 Å². The molecule has 0 aromatic heterocycles. The number of rotatable bonds is 38. The Morgan fingerprint density at radius 3 is 1.55 bits per heavy atom. The van der Waals surface area contributed by atoms with Crippen molar-refractivity contribution >= 4 is 19.8 Å². The van der Waals surface area contributed by atoms with Crippen molar-refractivity contribution < 1.29 is 42.7 Å². The minimum absolute atomic E-state index is 0.0194. The fourth-order valence-electron chi connectivity index (χ4n) is 5.42. The average Bonchev–Trinajstić information content (AvgIpc) is 3.07. The van der Waals surface area contributed by atoms with Crippen LogP contribution in [0.15, 0.2) is 12.2 Å². The highest BCUT2D eigenvalue weighted by Crippen LogP contribution is 2.43. The van der Waals surface area contributed by atoms with E-state index in [1.165, 1.54) is 116 Å². The molecule has 4 N–H and O–H groups in total. The zero-order chi connectivity index (χ0) is 36.3. The van der Waals surface area contributed by atoms with Crippen LogP contribution >= 0.6 is 7.82 Å². The van der Waals surface area contributed by atoms with Gasteiger partial charge in [0.05, 0.1) is 19.8 Å². The Labute approximate surface area is 299 Å². The number of hydrogen-bond donors (Lipinski definition) is 3. The van der Waals surface area contributed by atoms with E-state index in [0.717, 1.165) is 38.5 Å². The molecule has 0 heterocycles. The largest absolute Gasteiger partial charge is 0.480 e. The fraction of sp³-hybridized carbons (Fsp3) is 0.895. The van der Waals surface area contributed by atoms with Crippen LogP contribution in [0.1, 0.15) is 181 Å². The summed E-state index contributed by atoms with van der Waals surface area (Å²) >= 11 is 0. The van der Waals surface area contributed by atoms with Gasteiger partial charge in [-0.3, -0.25) is 18.6 Å². The van der Waals surface area contributed by atoms with Gasteiger partial charge in [-0.1, -0.05) is 148 Å². The normalized spacial score (nSPS) is 14.2. The molecule has 3 atom stereocenters. The highest BCUT2D eigenvalue weighted by molar-refractivity contribution is 7.47. The number of carbonyl (C=O) groups excluding carboxylic acids is 1. The average molecular weight is 720 g/mol. The van der Waals surface area contributed by atoms with Crippen molar-refractivity contribution in [3.63, 3.8) is 0 Å². The van der Waals surface area contributed by atoms with Crippen molar-refractivity contribution in [1.29, 1.82) is 0 Å². The monoisotopic (exact) mass is 720 g/mol. The molecule has 0 saturated heterocycles. The quantitative estimate of drug-likeness (QED) is 0.0243. The molecular weight excluding hydrogens is 645 g/mol. The van der Waals surface area contributed by atoms with Crippen molar-refractivity contribution in [2.45, 2.75) is 193 Å². The van der Waals surface area contributed by atoms with Gasteiger partial charge in [-0.2, -0.15) is 0 Å². The summed E-state index contributed by atoms with van der Waals surface area (Å²) < 4.78 is 33.2. The second-order valence-electron chi connectivity index (χ2n) is 13.4. The van der Waals surface area contributed by atoms with E-state index in [-0.39, 0.29) is 13.0 Å². The first-order chi connectivity index (χ1) is 23.7. The van der Waals surface area contributed by atoms with Crippen LogP contribution in [0.25, 0.3) is 0 Å². The van der Waals surface area contributed by atoms with Gasteiger partial charge >= 0.3 is 19.8 Å². The molecular formula is C38H74NO9P. The number of allylic oxidation sites excluding steroid dienone is 2. The molecule has 0 bridgehead atoms. The third-order valence-electron chi connectivity index (χ3n) is 8.54. The van der Waals surface area contributed by atoms with Gasteiger partial charge in [-0.25, -0.2) is 4.57 Å². The van der Waals surface area contributed by atoms with Gasteiger partial charge in [0.1, 0.15) is 12.1 Å². The van der Waals surface area contributed by atoms with Crippen molar-refractivity contribution in [2.75, 3.05) is 26.4 Å². The number of carboxylic acid groups (broad SMARTS) is 1. The third kappa shape index (κ3) is 34.9. The predicted molar refractivity (Wildman–Crippen MR) is 199 cm³/mol. The predicted octanol–water partition coefficient (Wildman–Crippen LogP) is 10.2. The van der Waals surface area contributed by atoms with Crippen molar-refractivity contribution in [1.82, 2.24) is 0 Å². The third-order valence-corrected chi connectivity index (χ3v) is 9.50. The summed E-state index contributed by atoms with van der Waals surface area (Å²) in [6.45, 7) is 3.85. The number of nitrogens with two attached hydrogens (primary N) is 1. The molecule has 0 aromatic rings. The van der Waals surface area contributed by atoms with Gasteiger partial charge in [-0.15, -0.1) is 0 Å². The Balaban J connectivity index is 4.19. The molecule has 0 fully saturated rings. The van der Waals surface area contributed by atoms with Crippen LogP contribution in [0.2, 0.25) is 0 Å². The lowest BCUT2D eigenvalue weighted by molar-refractivity contribution is -0.154. The number of unbranched alkanes of at least 4 members (excludes halogenated alkanes) is 22. The lowest BCUT2D eigenvalue weighted by Gasteiger charge is -2.20. The lowest BCUT2D eigenvalue weighted by Crippen LogP contribution is -2.34. The fourth-order valence-corrected chi connectivity index (χ4v) is 6.20. The summed E-state index contributed by atoms with van der Waals surface area (Å²) in [5.74, 6) is -1.78. The van der Waals surface area contributed by atoms with Gasteiger partial charge in [0.25, 0.3) is 0 Å². The number of ether oxygens (including phenoxy) is 2. The topological polar surface area (TPSA) is 155 Å². The lowest BCUT2D eigenvalue weighted by atomic mass is 10.1. The van der Waals surface area contributed by atoms with Gasteiger partial charge in [0, 0.05) is 13.0 Å². The molecule has 0 aliphatic rings. The maximum atomic E-state index is 12.5. The van der Waals surface area contributed by atoms with E-state index >= 15 is 0 Å². The molecule has 11 heteroatoms. The molecule has 0 amide bonds. The van der Waals surface area contributed by atoms with E-state index < -0.39 is 45.1 Å². The first-order valence-electron chi connectivity index (χ1n) is 19.7. The van der Waals surface area contributed by atoms with E-state index in [2.05, 4.69) is 30.5 Å². The van der Waals surface area contributed by atoms with Crippen molar-refractivity contribution in [2.24, 2.45) is 5.73 Å². The van der Waals surface area contributed by atoms with Crippen molar-refractivity contribution in [3.8, 4) is 0 Å². The second-order valence-corrected chi connectivity index (χ2v) is 14.9. The van der Waals surface area contributed by atoms with E-state index in [1.807, 2.05) is 0 Å². The van der Waals surface area contributed by atoms with Gasteiger partial charge in [0.2, 0.25) is 0 Å². The van der Waals surface area contributed by atoms with Crippen LogP contribution in [0.5, 0.6) is 0 Å². The van der Waals surface area contributed by atoms with Gasteiger partial charge in [0.15, 0.2) is 0 Å². The maximum Gasteiger partial charge on any atom is 0.472 e. The number of carboxylic acids is 1. The smallest absolute Gasteiger partial charge is 0.472 e. The molecule has 0 spiro atoms. The molecule has 49 heavy (non-hydrogen) atoms. The highest BCUT2D eigenvalue weighted by Gasteiger charge is 2.27. The summed E-state index contributed by atoms with van der Waals surface area (Å²) in [6, 6.07) is -1.47. The molecule has 0 rings (SSSR count). The zero-order valence-electron chi connectivity index (χ0n) is 31.3. The second kappa shape index (κ2) is 35.1. The Morgan fingerprint density at radius 2 is 1.06 bits per heavy atom. The van der Waals surface area contributed by atoms with E-state index in [0.29, 0.717) is 13.0 Å². The Hall–Kier alpha value is -1.29. The Bertz CT molecular complexity index is 842. The van der Waals surface area contributed by atoms with Crippen LogP contribution in [0, 0.1) is 0 Å². The molecule has 0 radical (unpaired) electrons. The summed E-state index contributed by atoms with van der Waals surface area (Å²) in [5.41, 5.74) is 5.33. The number of phosphoric acid groups is 1. The highest BCUT2D eigenvalue weighted by atomic mass is 31.2. The van der Waals surface area contributed by atoms with Crippen LogP contribution in [0.3, 0.4) is 0 Å². The van der Waals surface area contributed by atoms with Crippen LogP contribution in [0.4, 0.5) is 0 Å². The standard InChI is InChI=1S/C38H74NO9P/c1-3-5-7-9-11-13-14-15-16-17-18-19-20-21-23-25-27-29-31-45-32-35(33-46-49(43,44)47-34-36(39)38(41)42)48-37(40)30-28-26-24-22-12-10-8-6-4-2/h15-16,35-36H,3-14,17-34,39H2,1-2H3,(H,41,42)(H,43,44)/b16-15-. The molecule has 3 unspecified atom stereocenters. The maximum absolute atomic E-state index is 12.5. The molecule has 10 nitrogen and oxygen atoms in total. The number of phosphoric ester groups is 1. The van der Waals surface area contributed by atoms with E-state index in [1.54, 1.807) is 0 Å².